The van der Waals surface area contributed by atoms with Crippen LogP contribution in [0, 0.1) is 5.41 Å². The third-order valence-corrected chi connectivity index (χ3v) is 5.60. The lowest BCUT2D eigenvalue weighted by Crippen LogP contribution is -2.50. The van der Waals surface area contributed by atoms with E-state index >= 15 is 0 Å². The molecule has 3 rings (SSSR count). The summed E-state index contributed by atoms with van der Waals surface area (Å²) >= 11 is 1.02. The molecule has 0 radical (unpaired) electrons. The fourth-order valence-electron chi connectivity index (χ4n) is 3.05. The Kier molecular flexibility index (Phi) is 6.82. The third-order valence-electron chi connectivity index (χ3n) is 4.58. The van der Waals surface area contributed by atoms with Crippen molar-refractivity contribution >= 4 is 28.3 Å². The summed E-state index contributed by atoms with van der Waals surface area (Å²) in [6.45, 7) is 6.72. The number of carbonyl (C=O) groups excluding carboxylic acids is 2. The van der Waals surface area contributed by atoms with Crippen molar-refractivity contribution in [2.75, 3.05) is 5.32 Å². The maximum atomic E-state index is 13.2. The molecule has 7 nitrogen and oxygen atoms in total. The van der Waals surface area contributed by atoms with E-state index in [-0.39, 0.29) is 16.6 Å². The number of hydrogen-bond donors (Lipinski definition) is 2. The van der Waals surface area contributed by atoms with E-state index in [0.29, 0.717) is 16.1 Å². The highest BCUT2D eigenvalue weighted by atomic mass is 32.1. The molecule has 0 saturated carbocycles. The van der Waals surface area contributed by atoms with Crippen LogP contribution in [0.1, 0.15) is 33.4 Å². The third kappa shape index (κ3) is 5.92. The summed E-state index contributed by atoms with van der Waals surface area (Å²) in [5.41, 5.74) is -0.425. The average Bonchev–Trinajstić information content (AvgIpc) is 3.15. The van der Waals surface area contributed by atoms with Crippen LogP contribution in [-0.2, 0) is 15.8 Å². The summed E-state index contributed by atoms with van der Waals surface area (Å²) < 4.78 is 39.6. The zero-order chi connectivity index (χ0) is 24.4. The number of alkyl halides is 3. The first-order chi connectivity index (χ1) is 15.4. The normalized spacial score (nSPS) is 12.8. The average molecular weight is 478 g/mol. The number of halogens is 3. The summed E-state index contributed by atoms with van der Waals surface area (Å²) in [5, 5.41) is 5.51. The Labute approximate surface area is 192 Å². The lowest BCUT2D eigenvalue weighted by molar-refractivity contribution is -0.141. The molecule has 0 fully saturated rings. The van der Waals surface area contributed by atoms with E-state index in [0.717, 1.165) is 23.6 Å². The second-order valence-corrected chi connectivity index (χ2v) is 9.35. The van der Waals surface area contributed by atoms with Crippen LogP contribution in [0.25, 0.3) is 21.7 Å². The Balaban J connectivity index is 2.05. The van der Waals surface area contributed by atoms with E-state index < -0.39 is 29.2 Å². The zero-order valence-electron chi connectivity index (χ0n) is 18.3. The van der Waals surface area contributed by atoms with Crippen LogP contribution >= 0.6 is 11.3 Å². The largest absolute Gasteiger partial charge is 0.433 e. The van der Waals surface area contributed by atoms with Gasteiger partial charge in [-0.2, -0.15) is 13.2 Å². The number of aromatic nitrogens is 3. The number of carbonyl (C=O) groups is 2. The molecule has 0 bridgehead atoms. The maximum Gasteiger partial charge on any atom is 0.433 e. The van der Waals surface area contributed by atoms with Gasteiger partial charge in [-0.3, -0.25) is 19.6 Å². The predicted octanol–water partition coefficient (Wildman–Crippen LogP) is 4.78. The summed E-state index contributed by atoms with van der Waals surface area (Å²) in [7, 11) is 0. The van der Waals surface area contributed by atoms with E-state index in [1.807, 2.05) is 0 Å². The van der Waals surface area contributed by atoms with Gasteiger partial charge in [0.25, 0.3) is 0 Å². The van der Waals surface area contributed by atoms with Gasteiger partial charge in [-0.25, -0.2) is 4.98 Å². The van der Waals surface area contributed by atoms with Crippen molar-refractivity contribution in [2.24, 2.45) is 5.41 Å². The van der Waals surface area contributed by atoms with Gasteiger partial charge in [-0.1, -0.05) is 32.1 Å². The van der Waals surface area contributed by atoms with Crippen LogP contribution in [0.4, 0.5) is 18.3 Å². The van der Waals surface area contributed by atoms with E-state index in [4.69, 9.17) is 0 Å². The van der Waals surface area contributed by atoms with Gasteiger partial charge in [0.05, 0.1) is 10.6 Å². The van der Waals surface area contributed by atoms with Crippen molar-refractivity contribution in [3.8, 4) is 21.7 Å². The van der Waals surface area contributed by atoms with Gasteiger partial charge in [-0.05, 0) is 35.2 Å². The molecule has 1 atom stereocenters. The number of hydrogen-bond acceptors (Lipinski definition) is 6. The second kappa shape index (κ2) is 9.26. The van der Waals surface area contributed by atoms with Crippen LogP contribution in [-0.4, -0.2) is 32.8 Å². The fraction of sp³-hybridized carbons (Fsp3) is 0.318. The quantitative estimate of drug-likeness (QED) is 0.552. The molecule has 0 aliphatic heterocycles. The molecule has 0 aromatic carbocycles. The Morgan fingerprint density at radius 3 is 2.39 bits per heavy atom. The highest BCUT2D eigenvalue weighted by Gasteiger charge is 2.34. The minimum Gasteiger partial charge on any atom is -0.344 e. The van der Waals surface area contributed by atoms with E-state index in [1.54, 1.807) is 39.1 Å². The first kappa shape index (κ1) is 24.3. The number of amides is 2. The highest BCUT2D eigenvalue weighted by Crippen LogP contribution is 2.40. The minimum atomic E-state index is -4.61. The standard InChI is InChI=1S/C22H22F3N5O2S/c1-12(31)28-18(21(2,3)4)19(32)30-20-29-16(14-6-5-8-26-11-14)17(33-20)13-7-9-27-15(10-13)22(23,24)25/h5-11,18H,1-4H3,(H,28,31)(H,29,30,32)/t18-/m1/s1. The lowest BCUT2D eigenvalue weighted by atomic mass is 9.86. The van der Waals surface area contributed by atoms with Crippen LogP contribution in [0.15, 0.2) is 42.9 Å². The molecule has 2 N–H and O–H groups in total. The first-order valence-electron chi connectivity index (χ1n) is 9.89. The number of anilines is 1. The van der Waals surface area contributed by atoms with Crippen molar-refractivity contribution < 1.29 is 22.8 Å². The SMILES string of the molecule is CC(=O)N[C@H](C(=O)Nc1nc(-c2cccnc2)c(-c2ccnc(C(F)(F)F)c2)s1)C(C)(C)C. The van der Waals surface area contributed by atoms with E-state index in [1.165, 1.54) is 19.2 Å². The summed E-state index contributed by atoms with van der Waals surface area (Å²) in [6.07, 6.45) is -0.431. The maximum absolute atomic E-state index is 13.2. The van der Waals surface area contributed by atoms with Crippen molar-refractivity contribution in [1.29, 1.82) is 0 Å². The molecule has 0 aliphatic carbocycles. The van der Waals surface area contributed by atoms with Crippen molar-refractivity contribution in [1.82, 2.24) is 20.3 Å². The van der Waals surface area contributed by atoms with Crippen LogP contribution in [0.5, 0.6) is 0 Å². The molecule has 3 heterocycles. The second-order valence-electron chi connectivity index (χ2n) is 8.35. The molecule has 0 unspecified atom stereocenters. The van der Waals surface area contributed by atoms with Crippen LogP contribution in [0.3, 0.4) is 0 Å². The van der Waals surface area contributed by atoms with Gasteiger partial charge in [0.2, 0.25) is 11.8 Å². The molecule has 3 aromatic heterocycles. The number of nitrogens with zero attached hydrogens (tertiary/aromatic N) is 3. The minimum absolute atomic E-state index is 0.179. The van der Waals surface area contributed by atoms with Crippen LogP contribution < -0.4 is 10.6 Å². The Morgan fingerprint density at radius 2 is 1.82 bits per heavy atom. The molecule has 174 valence electrons. The summed E-state index contributed by atoms with van der Waals surface area (Å²) in [5.74, 6) is -0.848. The summed E-state index contributed by atoms with van der Waals surface area (Å²) in [6, 6.07) is 4.94. The van der Waals surface area contributed by atoms with Crippen LogP contribution in [0.2, 0.25) is 0 Å². The highest BCUT2D eigenvalue weighted by molar-refractivity contribution is 7.19. The van der Waals surface area contributed by atoms with Gasteiger partial charge in [-0.15, -0.1) is 0 Å². The fourth-order valence-corrected chi connectivity index (χ4v) is 4.04. The Morgan fingerprint density at radius 1 is 1.09 bits per heavy atom. The molecule has 3 aromatic rings. The lowest BCUT2D eigenvalue weighted by Gasteiger charge is -2.29. The number of pyridine rings is 2. The molecular weight excluding hydrogens is 455 g/mol. The van der Waals surface area contributed by atoms with Gasteiger partial charge in [0.1, 0.15) is 11.7 Å². The number of rotatable bonds is 5. The topological polar surface area (TPSA) is 96.9 Å². The van der Waals surface area contributed by atoms with E-state index in [2.05, 4.69) is 25.6 Å². The van der Waals surface area contributed by atoms with E-state index in [9.17, 15) is 22.8 Å². The predicted molar refractivity (Wildman–Crippen MR) is 119 cm³/mol. The molecule has 0 aliphatic rings. The smallest absolute Gasteiger partial charge is 0.344 e. The summed E-state index contributed by atoms with van der Waals surface area (Å²) in [4.78, 5) is 36.9. The van der Waals surface area contributed by atoms with Gasteiger partial charge in [0, 0.05) is 31.1 Å². The molecule has 0 spiro atoms. The van der Waals surface area contributed by atoms with Gasteiger partial charge in [0.15, 0.2) is 5.13 Å². The van der Waals surface area contributed by atoms with Gasteiger partial charge >= 0.3 is 6.18 Å². The zero-order valence-corrected chi connectivity index (χ0v) is 19.1. The number of thiazole rings is 1. The molecule has 0 saturated heterocycles. The van der Waals surface area contributed by atoms with Crippen molar-refractivity contribution in [2.45, 2.75) is 39.9 Å². The number of nitrogens with one attached hydrogen (secondary N) is 2. The monoisotopic (exact) mass is 477 g/mol. The van der Waals surface area contributed by atoms with Crippen molar-refractivity contribution in [3.05, 3.63) is 48.5 Å². The Bertz CT molecular complexity index is 1160. The Hall–Kier alpha value is -3.34. The molecule has 2 amide bonds. The van der Waals surface area contributed by atoms with Crippen molar-refractivity contribution in [3.63, 3.8) is 0 Å². The molecule has 11 heteroatoms. The molecular formula is C22H22F3N5O2S. The van der Waals surface area contributed by atoms with Gasteiger partial charge < -0.3 is 10.6 Å². The molecule has 33 heavy (non-hydrogen) atoms. The first-order valence-corrected chi connectivity index (χ1v) is 10.7.